The van der Waals surface area contributed by atoms with E-state index in [1.165, 1.54) is 0 Å². The van der Waals surface area contributed by atoms with Gasteiger partial charge in [-0.3, -0.25) is 71.9 Å². The lowest BCUT2D eigenvalue weighted by atomic mass is 10.1. The van der Waals surface area contributed by atoms with E-state index in [9.17, 15) is 71.9 Å². The average Bonchev–Trinajstić information content (AvgIpc) is 3.23. The molecule has 0 rings (SSSR count). The molecule has 0 saturated heterocycles. The topological polar surface area (TPSA) is 512 Å². The maximum absolute atomic E-state index is 13.0. The van der Waals surface area contributed by atoms with Gasteiger partial charge in [0, 0.05) is 32.1 Å². The van der Waals surface area contributed by atoms with Crippen LogP contribution >= 0.6 is 0 Å². The molecule has 5 atom stereocenters. The zero-order valence-corrected chi connectivity index (χ0v) is 34.9. The molecule has 9 amide bonds. The van der Waals surface area contributed by atoms with Crippen LogP contribution in [0.25, 0.3) is 0 Å². The van der Waals surface area contributed by atoms with E-state index in [0.717, 1.165) is 0 Å². The standard InChI is InChI=1S/C35H52N10O21/c36-16(1-6-25(50)51)31(62)37-11-21(46)42-17(2-7-26(52)53)32(63)38-12-22(47)43-18(3-8-27(54)55)33(64)39-13-23(48)44-19(4-9-28(56)57)34(65)40-14-24(49)45-20(5-10-29(58)59)35(66)41-15-30(60)61/h16-20H,1-15,36H2,(H,37,62)(H,38,63)(H,39,64)(H,40,65)(H,41,66)(H,42,46)(H,43,47)(H,44,48)(H,45,49)(H,50,51)(H,52,53)(H,54,55)(H,56,57)(H,58,59)(H,60,61)/t16-,17-,18-,19-,20-/m0/s1. The predicted molar refractivity (Wildman–Crippen MR) is 213 cm³/mol. The summed E-state index contributed by atoms with van der Waals surface area (Å²) in [6, 6.07) is -7.82. The average molecular weight is 949 g/mol. The van der Waals surface area contributed by atoms with Crippen molar-refractivity contribution < 1.29 is 103 Å². The molecule has 0 spiro atoms. The number of nitrogens with two attached hydrogens (primary N) is 1. The minimum atomic E-state index is -1.69. The molecule has 17 N–H and O–H groups in total. The first-order valence-corrected chi connectivity index (χ1v) is 19.4. The van der Waals surface area contributed by atoms with E-state index < -0.39 is 210 Å². The first kappa shape index (κ1) is 58.0. The maximum atomic E-state index is 13.0. The Bertz CT molecular complexity index is 1840. The van der Waals surface area contributed by atoms with Crippen LogP contribution in [0.5, 0.6) is 0 Å². The second kappa shape index (κ2) is 31.0. The fourth-order valence-electron chi connectivity index (χ4n) is 4.99. The molecule has 66 heavy (non-hydrogen) atoms. The van der Waals surface area contributed by atoms with Crippen LogP contribution in [-0.2, 0) is 71.9 Å². The van der Waals surface area contributed by atoms with Crippen LogP contribution in [0.15, 0.2) is 0 Å². The van der Waals surface area contributed by atoms with Gasteiger partial charge in [0.2, 0.25) is 53.2 Å². The first-order valence-electron chi connectivity index (χ1n) is 19.4. The molecule has 0 saturated carbocycles. The Morgan fingerprint density at radius 1 is 0.303 bits per heavy atom. The van der Waals surface area contributed by atoms with E-state index in [1.807, 2.05) is 5.32 Å². The van der Waals surface area contributed by atoms with Crippen LogP contribution < -0.4 is 53.6 Å². The molecule has 0 aromatic heterocycles. The number of nitrogens with one attached hydrogen (secondary N) is 9. The van der Waals surface area contributed by atoms with E-state index in [2.05, 4.69) is 42.5 Å². The summed E-state index contributed by atoms with van der Waals surface area (Å²) in [5, 5.41) is 72.5. The molecule has 0 unspecified atom stereocenters. The Morgan fingerprint density at radius 2 is 0.515 bits per heavy atom. The number of carbonyl (C=O) groups is 15. The van der Waals surface area contributed by atoms with Crippen LogP contribution in [0, 0.1) is 0 Å². The summed E-state index contributed by atoms with van der Waals surface area (Å²) in [5.74, 6) is -18.1. The zero-order chi connectivity index (χ0) is 50.5. The number of carbonyl (C=O) groups excluding carboxylic acids is 9. The van der Waals surface area contributed by atoms with Crippen LogP contribution in [0.4, 0.5) is 0 Å². The Labute approximate surface area is 372 Å². The van der Waals surface area contributed by atoms with E-state index >= 15 is 0 Å². The van der Waals surface area contributed by atoms with Crippen molar-refractivity contribution in [3.8, 4) is 0 Å². The Hall–Kier alpha value is -7.99. The summed E-state index contributed by atoms with van der Waals surface area (Å²) < 4.78 is 0. The number of hydrogen-bond donors (Lipinski definition) is 16. The fourth-order valence-corrected chi connectivity index (χ4v) is 4.99. The molecular formula is C35H52N10O21. The van der Waals surface area contributed by atoms with Crippen LogP contribution in [0.3, 0.4) is 0 Å². The van der Waals surface area contributed by atoms with Gasteiger partial charge in [0.05, 0.1) is 32.2 Å². The van der Waals surface area contributed by atoms with Gasteiger partial charge in [0.25, 0.3) is 0 Å². The molecule has 0 heterocycles. The highest BCUT2D eigenvalue weighted by Crippen LogP contribution is 2.03. The lowest BCUT2D eigenvalue weighted by molar-refractivity contribution is -0.140. The van der Waals surface area contributed by atoms with Gasteiger partial charge >= 0.3 is 35.8 Å². The molecule has 0 bridgehead atoms. The van der Waals surface area contributed by atoms with Gasteiger partial charge in [-0.05, 0) is 32.1 Å². The van der Waals surface area contributed by atoms with E-state index in [0.29, 0.717) is 0 Å². The highest BCUT2D eigenvalue weighted by molar-refractivity contribution is 5.96. The Balaban J connectivity index is 5.58. The first-order chi connectivity index (χ1) is 30.8. The van der Waals surface area contributed by atoms with Gasteiger partial charge < -0.3 is 84.2 Å². The van der Waals surface area contributed by atoms with Gasteiger partial charge in [-0.1, -0.05) is 0 Å². The van der Waals surface area contributed by atoms with Gasteiger partial charge in [0.15, 0.2) is 0 Å². The van der Waals surface area contributed by atoms with Crippen molar-refractivity contribution >= 4 is 89.0 Å². The number of rotatable bonds is 34. The lowest BCUT2D eigenvalue weighted by Gasteiger charge is -2.21. The normalized spacial score (nSPS) is 12.7. The summed E-state index contributed by atoms with van der Waals surface area (Å²) in [5.41, 5.74) is 5.55. The molecule has 0 aliphatic rings. The van der Waals surface area contributed by atoms with Crippen LogP contribution in [0.2, 0.25) is 0 Å². The summed E-state index contributed by atoms with van der Waals surface area (Å²) in [6.45, 7) is -4.47. The SMILES string of the molecule is N[C@@H](CCC(=O)O)C(=O)NCC(=O)N[C@@H](CCC(=O)O)C(=O)NCC(=O)N[C@@H](CCC(=O)O)C(=O)NCC(=O)N[C@@H](CCC(=O)O)C(=O)NCC(=O)N[C@@H](CCC(=O)O)C(=O)NCC(=O)O. The number of carboxylic acids is 6. The molecule has 0 radical (unpaired) electrons. The Kier molecular flexibility index (Phi) is 27.2. The molecule has 0 aliphatic carbocycles. The summed E-state index contributed by atoms with van der Waals surface area (Å²) in [6.07, 6.45) is -5.61. The van der Waals surface area contributed by atoms with Gasteiger partial charge in [0.1, 0.15) is 30.7 Å². The monoisotopic (exact) mass is 948 g/mol. The van der Waals surface area contributed by atoms with Gasteiger partial charge in [-0.25, -0.2) is 0 Å². The van der Waals surface area contributed by atoms with E-state index in [4.69, 9.17) is 36.4 Å². The third-order valence-electron chi connectivity index (χ3n) is 8.31. The molecule has 0 fully saturated rings. The van der Waals surface area contributed by atoms with Crippen molar-refractivity contribution in [1.82, 2.24) is 47.9 Å². The van der Waals surface area contributed by atoms with Gasteiger partial charge in [-0.2, -0.15) is 0 Å². The fraction of sp³-hybridized carbons (Fsp3) is 0.571. The van der Waals surface area contributed by atoms with Crippen molar-refractivity contribution in [3.05, 3.63) is 0 Å². The number of carboxylic acid groups (broad SMARTS) is 6. The van der Waals surface area contributed by atoms with Crippen LogP contribution in [-0.4, -0.2) is 183 Å². The van der Waals surface area contributed by atoms with Crippen molar-refractivity contribution in [1.29, 1.82) is 0 Å². The van der Waals surface area contributed by atoms with Crippen molar-refractivity contribution in [2.24, 2.45) is 5.73 Å². The third kappa shape index (κ3) is 27.9. The minimum Gasteiger partial charge on any atom is -0.481 e. The van der Waals surface area contributed by atoms with E-state index in [1.54, 1.807) is 0 Å². The summed E-state index contributed by atoms with van der Waals surface area (Å²) >= 11 is 0. The zero-order valence-electron chi connectivity index (χ0n) is 34.9. The smallest absolute Gasteiger partial charge is 0.322 e. The van der Waals surface area contributed by atoms with Gasteiger partial charge in [-0.15, -0.1) is 0 Å². The molecule has 31 heteroatoms. The van der Waals surface area contributed by atoms with Crippen LogP contribution in [0.1, 0.15) is 64.2 Å². The Morgan fingerprint density at radius 3 is 0.742 bits per heavy atom. The highest BCUT2D eigenvalue weighted by atomic mass is 16.4. The van der Waals surface area contributed by atoms with Crippen molar-refractivity contribution in [3.63, 3.8) is 0 Å². The quantitative estimate of drug-likeness (QED) is 0.0285. The number of amides is 9. The highest BCUT2D eigenvalue weighted by Gasteiger charge is 2.28. The van der Waals surface area contributed by atoms with E-state index in [-0.39, 0.29) is 6.42 Å². The molecule has 31 nitrogen and oxygen atoms in total. The summed E-state index contributed by atoms with van der Waals surface area (Å²) in [4.78, 5) is 180. The molecule has 0 aromatic carbocycles. The lowest BCUT2D eigenvalue weighted by Crippen LogP contribution is -2.55. The molecule has 0 aromatic rings. The number of hydrogen-bond acceptors (Lipinski definition) is 16. The second-order valence-corrected chi connectivity index (χ2v) is 13.7. The molecule has 368 valence electrons. The molecular weight excluding hydrogens is 896 g/mol. The van der Waals surface area contributed by atoms with Crippen molar-refractivity contribution in [2.75, 3.05) is 32.7 Å². The molecule has 0 aliphatic heterocycles. The van der Waals surface area contributed by atoms with Crippen molar-refractivity contribution in [2.45, 2.75) is 94.4 Å². The predicted octanol–water partition coefficient (Wildman–Crippen LogP) is -7.76. The number of aliphatic carboxylic acids is 6. The summed E-state index contributed by atoms with van der Waals surface area (Å²) in [7, 11) is 0. The third-order valence-corrected chi connectivity index (χ3v) is 8.31. The maximum Gasteiger partial charge on any atom is 0.322 e. The second-order valence-electron chi connectivity index (χ2n) is 13.7. The minimum absolute atomic E-state index is 0.264. The largest absolute Gasteiger partial charge is 0.481 e.